The number of carbonyl (C=O) groups excluding carboxylic acids is 1. The first-order valence-corrected chi connectivity index (χ1v) is 7.99. The Labute approximate surface area is 129 Å². The summed E-state index contributed by atoms with van der Waals surface area (Å²) in [5.74, 6) is -0.703. The number of amides is 1. The minimum absolute atomic E-state index is 0.254. The van der Waals surface area contributed by atoms with Crippen LogP contribution in [0.4, 0.5) is 4.79 Å². The summed E-state index contributed by atoms with van der Waals surface area (Å²) in [4.78, 5) is 27.8. The van der Waals surface area contributed by atoms with Gasteiger partial charge >= 0.3 is 11.8 Å². The topological polar surface area (TPSA) is 77.1 Å². The van der Waals surface area contributed by atoms with Gasteiger partial charge in [0.1, 0.15) is 0 Å². The molecule has 0 aliphatic heterocycles. The van der Waals surface area contributed by atoms with Gasteiger partial charge < -0.3 is 9.73 Å². The molecule has 0 atom stereocenters. The van der Waals surface area contributed by atoms with E-state index >= 15 is 0 Å². The number of oxazole rings is 1. The molecule has 0 radical (unpaired) electrons. The van der Waals surface area contributed by atoms with Crippen LogP contribution in [0.3, 0.4) is 0 Å². The van der Waals surface area contributed by atoms with Crippen molar-refractivity contribution >= 4 is 17.3 Å². The number of aromatic nitrogens is 2. The molecule has 0 aromatic carbocycles. The van der Waals surface area contributed by atoms with Crippen LogP contribution < -0.4 is 11.1 Å². The summed E-state index contributed by atoms with van der Waals surface area (Å²) in [6.07, 6.45) is 9.78. The number of hydrogen-bond acceptors (Lipinski definition) is 4. The van der Waals surface area contributed by atoms with Crippen LogP contribution in [-0.2, 0) is 0 Å². The number of nitrogens with one attached hydrogen (secondary N) is 1. The summed E-state index contributed by atoms with van der Waals surface area (Å²) < 4.78 is 5.93. The van der Waals surface area contributed by atoms with E-state index in [2.05, 4.69) is 17.2 Å². The zero-order valence-electron chi connectivity index (χ0n) is 13.0. The van der Waals surface area contributed by atoms with E-state index in [-0.39, 0.29) is 5.65 Å². The fourth-order valence-electron chi connectivity index (χ4n) is 2.39. The van der Waals surface area contributed by atoms with Gasteiger partial charge in [-0.2, -0.15) is 4.57 Å². The van der Waals surface area contributed by atoms with E-state index in [0.717, 1.165) is 17.4 Å². The summed E-state index contributed by atoms with van der Waals surface area (Å²) in [6, 6.07) is 2.80. The fourth-order valence-corrected chi connectivity index (χ4v) is 2.39. The Morgan fingerprint density at radius 1 is 1.23 bits per heavy atom. The van der Waals surface area contributed by atoms with Gasteiger partial charge in [-0.25, -0.2) is 14.6 Å². The van der Waals surface area contributed by atoms with Crippen molar-refractivity contribution in [2.75, 3.05) is 6.54 Å². The summed E-state index contributed by atoms with van der Waals surface area (Å²) in [5.41, 5.74) is 0.572. The Kier molecular flexibility index (Phi) is 6.18. The molecular formula is C16H23N3O3. The maximum Gasteiger partial charge on any atom is 0.429 e. The van der Waals surface area contributed by atoms with E-state index in [0.29, 0.717) is 12.1 Å². The zero-order valence-corrected chi connectivity index (χ0v) is 13.0. The molecule has 2 aromatic rings. The predicted molar refractivity (Wildman–Crippen MR) is 85.1 cm³/mol. The van der Waals surface area contributed by atoms with E-state index < -0.39 is 11.8 Å². The van der Waals surface area contributed by atoms with Crippen LogP contribution in [0.25, 0.3) is 11.2 Å². The first-order valence-electron chi connectivity index (χ1n) is 7.99. The third-order valence-corrected chi connectivity index (χ3v) is 3.60. The van der Waals surface area contributed by atoms with Crippen molar-refractivity contribution in [3.8, 4) is 0 Å². The third-order valence-electron chi connectivity index (χ3n) is 3.60. The highest BCUT2D eigenvalue weighted by Gasteiger charge is 2.15. The number of nitrogens with zero attached hydrogens (tertiary/aromatic N) is 2. The predicted octanol–water partition coefficient (Wildman–Crippen LogP) is 3.30. The number of pyridine rings is 1. The van der Waals surface area contributed by atoms with Crippen LogP contribution in [0.1, 0.15) is 51.9 Å². The highest BCUT2D eigenvalue weighted by atomic mass is 16.4. The van der Waals surface area contributed by atoms with Crippen molar-refractivity contribution in [1.82, 2.24) is 14.9 Å². The van der Waals surface area contributed by atoms with Gasteiger partial charge in [-0.3, -0.25) is 0 Å². The van der Waals surface area contributed by atoms with Gasteiger partial charge in [-0.1, -0.05) is 45.4 Å². The zero-order chi connectivity index (χ0) is 15.8. The summed E-state index contributed by atoms with van der Waals surface area (Å²) in [6.45, 7) is 2.75. The Hall–Kier alpha value is -2.11. The number of fused-ring (bicyclic) bond motifs is 1. The smallest absolute Gasteiger partial charge is 0.406 e. The molecule has 0 aliphatic rings. The highest BCUT2D eigenvalue weighted by Crippen LogP contribution is 2.08. The molecule has 2 heterocycles. The lowest BCUT2D eigenvalue weighted by molar-refractivity contribution is 0.241. The maximum absolute atomic E-state index is 12.1. The number of carbonyl (C=O) groups is 1. The molecule has 1 N–H and O–H groups in total. The average Bonchev–Trinajstić information content (AvgIpc) is 2.85. The average molecular weight is 305 g/mol. The Balaban J connectivity index is 1.78. The molecule has 22 heavy (non-hydrogen) atoms. The van der Waals surface area contributed by atoms with E-state index in [9.17, 15) is 9.59 Å². The molecule has 0 aliphatic carbocycles. The van der Waals surface area contributed by atoms with Crippen molar-refractivity contribution < 1.29 is 9.21 Å². The minimum Gasteiger partial charge on any atom is -0.406 e. The van der Waals surface area contributed by atoms with Crippen molar-refractivity contribution in [2.45, 2.75) is 51.9 Å². The molecule has 0 bridgehead atoms. The van der Waals surface area contributed by atoms with Crippen molar-refractivity contribution in [2.24, 2.45) is 0 Å². The number of rotatable bonds is 8. The molecule has 2 rings (SSSR count). The summed E-state index contributed by atoms with van der Waals surface area (Å²) >= 11 is 0. The lowest BCUT2D eigenvalue weighted by atomic mass is 10.1. The van der Waals surface area contributed by atoms with Gasteiger partial charge in [-0.05, 0) is 18.6 Å². The Morgan fingerprint density at radius 3 is 2.73 bits per heavy atom. The molecule has 0 saturated carbocycles. The van der Waals surface area contributed by atoms with Crippen molar-refractivity contribution in [3.63, 3.8) is 0 Å². The minimum atomic E-state index is -0.703. The monoisotopic (exact) mass is 305 g/mol. The molecule has 6 heteroatoms. The van der Waals surface area contributed by atoms with Crippen LogP contribution in [0.15, 0.2) is 27.5 Å². The van der Waals surface area contributed by atoms with Crippen LogP contribution in [0.5, 0.6) is 0 Å². The molecule has 1 amide bonds. The van der Waals surface area contributed by atoms with Crippen LogP contribution in [0.2, 0.25) is 0 Å². The van der Waals surface area contributed by atoms with E-state index in [4.69, 9.17) is 4.42 Å². The van der Waals surface area contributed by atoms with Gasteiger partial charge in [0.2, 0.25) is 0 Å². The van der Waals surface area contributed by atoms with Crippen molar-refractivity contribution in [1.29, 1.82) is 0 Å². The molecular weight excluding hydrogens is 282 g/mol. The molecule has 2 aromatic heterocycles. The second-order valence-corrected chi connectivity index (χ2v) is 5.38. The van der Waals surface area contributed by atoms with E-state index in [1.807, 2.05) is 0 Å². The molecule has 6 nitrogen and oxygen atoms in total. The Morgan fingerprint density at radius 2 is 1.95 bits per heavy atom. The number of unbranched alkanes of at least 4 members (excludes halogenated alkanes) is 6. The second kappa shape index (κ2) is 8.36. The van der Waals surface area contributed by atoms with Crippen molar-refractivity contribution in [3.05, 3.63) is 28.9 Å². The van der Waals surface area contributed by atoms with E-state index in [1.165, 1.54) is 38.3 Å². The lowest BCUT2D eigenvalue weighted by Crippen LogP contribution is -2.34. The quantitative estimate of drug-likeness (QED) is 0.759. The third kappa shape index (κ3) is 4.19. The first-order chi connectivity index (χ1) is 10.7. The maximum atomic E-state index is 12.1. The first kappa shape index (κ1) is 16.3. The van der Waals surface area contributed by atoms with Crippen LogP contribution in [-0.4, -0.2) is 22.1 Å². The standard InChI is InChI=1S/C16H23N3O3/c1-2-3-4-5-6-7-8-11-18-15(20)19-14-13(22-16(19)21)10-9-12-17-14/h9-10,12H,2-8,11H2,1H3,(H,18,20). The fraction of sp³-hybridized carbons (Fsp3) is 0.562. The molecule has 120 valence electrons. The molecule has 0 spiro atoms. The van der Waals surface area contributed by atoms with Gasteiger partial charge in [0.15, 0.2) is 11.2 Å². The van der Waals surface area contributed by atoms with Gasteiger partial charge in [0.25, 0.3) is 0 Å². The number of hydrogen-bond donors (Lipinski definition) is 1. The SMILES string of the molecule is CCCCCCCCCNC(=O)n1c(=O)oc2cccnc21. The second-order valence-electron chi connectivity index (χ2n) is 5.38. The Bertz CT molecular complexity index is 660. The highest BCUT2D eigenvalue weighted by molar-refractivity contribution is 5.85. The molecule has 0 unspecified atom stereocenters. The summed E-state index contributed by atoms with van der Waals surface area (Å²) in [5, 5.41) is 2.74. The largest absolute Gasteiger partial charge is 0.429 e. The van der Waals surface area contributed by atoms with Gasteiger partial charge in [0, 0.05) is 12.7 Å². The molecule has 0 fully saturated rings. The van der Waals surface area contributed by atoms with E-state index in [1.54, 1.807) is 12.1 Å². The van der Waals surface area contributed by atoms with Crippen LogP contribution >= 0.6 is 0 Å². The van der Waals surface area contributed by atoms with Gasteiger partial charge in [0.05, 0.1) is 0 Å². The normalized spacial score (nSPS) is 11.0. The summed E-state index contributed by atoms with van der Waals surface area (Å²) in [7, 11) is 0. The molecule has 0 saturated heterocycles. The lowest BCUT2D eigenvalue weighted by Gasteiger charge is -2.05. The van der Waals surface area contributed by atoms with Gasteiger partial charge in [-0.15, -0.1) is 0 Å². The van der Waals surface area contributed by atoms with Crippen LogP contribution in [0, 0.1) is 0 Å².